The van der Waals surface area contributed by atoms with Gasteiger partial charge in [0.1, 0.15) is 24.3 Å². The molecule has 2 amide bonds. The predicted molar refractivity (Wildman–Crippen MR) is 152 cm³/mol. The molecule has 0 atom stereocenters. The number of hydrogen-bond acceptors (Lipinski definition) is 17. The highest BCUT2D eigenvalue weighted by Gasteiger charge is 2.36. The van der Waals surface area contributed by atoms with Crippen LogP contribution in [0.5, 0.6) is 0 Å². The van der Waals surface area contributed by atoms with E-state index < -0.39 is 100 Å². The summed E-state index contributed by atoms with van der Waals surface area (Å²) in [6.07, 6.45) is -3.43. The molecule has 0 aliphatic rings. The number of para-hydroxylation sites is 2. The molecule has 0 unspecified atom stereocenters. The van der Waals surface area contributed by atoms with Crippen molar-refractivity contribution in [1.82, 2.24) is 0 Å². The van der Waals surface area contributed by atoms with E-state index in [4.69, 9.17) is 9.47 Å². The Morgan fingerprint density at radius 2 is 0.957 bits per heavy atom. The second kappa shape index (κ2) is 13.9. The highest BCUT2D eigenvalue weighted by Crippen LogP contribution is 2.36. The van der Waals surface area contributed by atoms with Gasteiger partial charge in [0.25, 0.3) is 34.1 Å². The number of anilines is 2. The number of benzene rings is 3. The minimum Gasteiger partial charge on any atom is -0.443 e. The molecule has 47 heavy (non-hydrogen) atoms. The zero-order valence-electron chi connectivity index (χ0n) is 23.2. The molecule has 3 aromatic carbocycles. The monoisotopic (exact) mass is 660 g/mol. The van der Waals surface area contributed by atoms with Crippen molar-refractivity contribution in [1.29, 1.82) is 0 Å². The van der Waals surface area contributed by atoms with Crippen molar-refractivity contribution in [2.45, 2.75) is 13.2 Å². The fourth-order valence-electron chi connectivity index (χ4n) is 3.96. The van der Waals surface area contributed by atoms with E-state index in [1.165, 1.54) is 25.2 Å². The minimum atomic E-state index is -1.72. The van der Waals surface area contributed by atoms with Crippen LogP contribution in [0.3, 0.4) is 0 Å². The van der Waals surface area contributed by atoms with Gasteiger partial charge in [-0.05, 0) is 12.1 Å². The van der Waals surface area contributed by atoms with E-state index in [-0.39, 0.29) is 16.3 Å². The first-order chi connectivity index (χ1) is 22.1. The van der Waals surface area contributed by atoms with Gasteiger partial charge in [-0.1, -0.05) is 12.1 Å². The number of rotatable bonds is 12. The molecule has 0 bridgehead atoms. The number of carbonyl (C=O) groups is 2. The van der Waals surface area contributed by atoms with E-state index >= 15 is 0 Å². The number of imide groups is 1. The third-order valence-electron chi connectivity index (χ3n) is 6.04. The molecule has 0 saturated carbocycles. The number of amides is 2. The summed E-state index contributed by atoms with van der Waals surface area (Å²) in [6, 6.07) is 6.73. The third kappa shape index (κ3) is 7.40. The van der Waals surface area contributed by atoms with E-state index in [0.717, 1.165) is 6.07 Å². The van der Waals surface area contributed by atoms with E-state index in [2.05, 4.69) is 5.32 Å². The van der Waals surface area contributed by atoms with Gasteiger partial charge in [-0.3, -0.25) is 60.7 Å². The number of nitrogens with zero attached hydrogens (tertiary/aromatic N) is 7. The van der Waals surface area contributed by atoms with Gasteiger partial charge >= 0.3 is 12.2 Å². The number of non-ortho nitro benzene ring substituents is 2. The lowest BCUT2D eigenvalue weighted by atomic mass is 10.1. The summed E-state index contributed by atoms with van der Waals surface area (Å²) in [5.41, 5.74) is -8.91. The van der Waals surface area contributed by atoms with Gasteiger partial charge in [-0.2, -0.15) is 4.90 Å². The first kappa shape index (κ1) is 34.1. The summed E-state index contributed by atoms with van der Waals surface area (Å²) in [5, 5.41) is 71.3. The van der Waals surface area contributed by atoms with Gasteiger partial charge in [0, 0.05) is 7.05 Å². The van der Waals surface area contributed by atoms with Crippen molar-refractivity contribution in [3.63, 3.8) is 0 Å². The molecule has 3 aromatic rings. The molecule has 244 valence electrons. The molecule has 3 rings (SSSR count). The van der Waals surface area contributed by atoms with Gasteiger partial charge in [-0.15, -0.1) is 0 Å². The smallest absolute Gasteiger partial charge is 0.424 e. The topological polar surface area (TPSA) is 327 Å². The molecule has 1 N–H and O–H groups in total. The third-order valence-corrected chi connectivity index (χ3v) is 6.04. The molecular formula is C23H16N8O16. The van der Waals surface area contributed by atoms with Crippen LogP contribution in [0.15, 0.2) is 48.5 Å². The molecule has 0 spiro atoms. The summed E-state index contributed by atoms with van der Waals surface area (Å²) in [7, 11) is 1.35. The SMILES string of the molecule is CNc1ccccc1N(C(=O)OCc1c([N+](=O)[O-])cc([N+](=O)[O-])cc1[N+](=O)[O-])C(=O)OCc1c([N+](=O)[O-])cc([N+](=O)[O-])cc1[N+](=O)[O-]. The zero-order chi connectivity index (χ0) is 35.2. The second-order valence-electron chi connectivity index (χ2n) is 8.68. The number of ether oxygens (including phenoxy) is 2. The van der Waals surface area contributed by atoms with Crippen molar-refractivity contribution in [2.75, 3.05) is 17.3 Å². The Labute approximate surface area is 257 Å². The summed E-state index contributed by atoms with van der Waals surface area (Å²) in [6.45, 7) is -2.59. The molecular weight excluding hydrogens is 644 g/mol. The molecule has 0 radical (unpaired) electrons. The minimum absolute atomic E-state index is 0.0287. The Kier molecular flexibility index (Phi) is 10.1. The average Bonchev–Trinajstić information content (AvgIpc) is 3.01. The Morgan fingerprint density at radius 1 is 0.617 bits per heavy atom. The van der Waals surface area contributed by atoms with Crippen LogP contribution in [0.1, 0.15) is 11.1 Å². The molecule has 0 aliphatic heterocycles. The first-order valence-electron chi connectivity index (χ1n) is 12.2. The second-order valence-corrected chi connectivity index (χ2v) is 8.68. The highest BCUT2D eigenvalue weighted by molar-refractivity contribution is 6.11. The molecule has 0 saturated heterocycles. The summed E-state index contributed by atoms with van der Waals surface area (Å²) < 4.78 is 9.91. The quantitative estimate of drug-likeness (QED) is 0.204. The molecule has 0 aromatic heterocycles. The van der Waals surface area contributed by atoms with Crippen LogP contribution in [0.4, 0.5) is 55.1 Å². The van der Waals surface area contributed by atoms with Gasteiger partial charge < -0.3 is 14.8 Å². The Bertz CT molecular complexity index is 1680. The van der Waals surface area contributed by atoms with Crippen molar-refractivity contribution < 1.29 is 48.6 Å². The normalized spacial score (nSPS) is 10.3. The lowest BCUT2D eigenvalue weighted by molar-refractivity contribution is -0.404. The Hall–Kier alpha value is -7.40. The van der Waals surface area contributed by atoms with Crippen LogP contribution >= 0.6 is 0 Å². The van der Waals surface area contributed by atoms with Crippen molar-refractivity contribution in [3.8, 4) is 0 Å². The Balaban J connectivity index is 2.06. The van der Waals surface area contributed by atoms with Crippen LogP contribution in [-0.2, 0) is 22.7 Å². The number of nitro groups is 6. The van der Waals surface area contributed by atoms with E-state index in [9.17, 15) is 70.3 Å². The van der Waals surface area contributed by atoms with Crippen LogP contribution in [0, 0.1) is 60.7 Å². The fourth-order valence-corrected chi connectivity index (χ4v) is 3.96. The first-order valence-corrected chi connectivity index (χ1v) is 12.2. The van der Waals surface area contributed by atoms with Gasteiger partial charge in [0.05, 0.1) is 65.2 Å². The van der Waals surface area contributed by atoms with E-state index in [1.807, 2.05) is 0 Å². The number of hydrogen-bond donors (Lipinski definition) is 1. The number of carbonyl (C=O) groups excluding carboxylic acids is 2. The molecule has 24 nitrogen and oxygen atoms in total. The largest absolute Gasteiger partial charge is 0.443 e. The summed E-state index contributed by atoms with van der Waals surface area (Å²) in [4.78, 5) is 88.2. The molecule has 0 fully saturated rings. The van der Waals surface area contributed by atoms with Gasteiger partial charge in [-0.25, -0.2) is 9.59 Å². The van der Waals surface area contributed by atoms with Crippen LogP contribution in [0.2, 0.25) is 0 Å². The fraction of sp³-hybridized carbons (Fsp3) is 0.130. The van der Waals surface area contributed by atoms with Crippen molar-refractivity contribution in [3.05, 3.63) is 120 Å². The Morgan fingerprint density at radius 3 is 1.26 bits per heavy atom. The number of nitro benzene ring substituents is 6. The lowest BCUT2D eigenvalue weighted by Crippen LogP contribution is -2.38. The van der Waals surface area contributed by atoms with Crippen LogP contribution in [0.25, 0.3) is 0 Å². The summed E-state index contributed by atoms with van der Waals surface area (Å²) >= 11 is 0. The summed E-state index contributed by atoms with van der Waals surface area (Å²) in [5.74, 6) is 0. The standard InChI is InChI=1S/C23H16N8O16/c1-24-16-4-2-3-5-17(16)25(22(32)46-10-14-18(28(38)39)6-12(26(34)35)7-19(14)29(40)41)23(33)47-11-15-20(30(42)43)8-13(27(36)37)9-21(15)31(44)45/h2-9,24H,10-11H2,1H3. The zero-order valence-corrected chi connectivity index (χ0v) is 23.2. The van der Waals surface area contributed by atoms with E-state index in [0.29, 0.717) is 24.3 Å². The van der Waals surface area contributed by atoms with Crippen molar-refractivity contribution >= 4 is 57.7 Å². The molecule has 0 heterocycles. The van der Waals surface area contributed by atoms with Crippen LogP contribution < -0.4 is 10.2 Å². The predicted octanol–water partition coefficient (Wildman–Crippen LogP) is 4.66. The number of nitrogens with one attached hydrogen (secondary N) is 1. The molecule has 24 heteroatoms. The van der Waals surface area contributed by atoms with E-state index in [1.54, 1.807) is 0 Å². The maximum absolute atomic E-state index is 13.3. The average molecular weight is 660 g/mol. The van der Waals surface area contributed by atoms with Crippen molar-refractivity contribution in [2.24, 2.45) is 0 Å². The highest BCUT2D eigenvalue weighted by atomic mass is 16.7. The van der Waals surface area contributed by atoms with Gasteiger partial charge in [0.15, 0.2) is 0 Å². The maximum atomic E-state index is 13.3. The maximum Gasteiger partial charge on any atom is 0.424 e. The lowest BCUT2D eigenvalue weighted by Gasteiger charge is -2.22. The molecule has 0 aliphatic carbocycles. The van der Waals surface area contributed by atoms with Gasteiger partial charge in [0.2, 0.25) is 0 Å². The van der Waals surface area contributed by atoms with Crippen LogP contribution in [-0.4, -0.2) is 48.8 Å².